The molecule has 1 aromatic carbocycles. The number of anilines is 1. The zero-order valence-electron chi connectivity index (χ0n) is 14.2. The monoisotopic (exact) mass is 302 g/mol. The van der Waals surface area contributed by atoms with Crippen LogP contribution in [-0.4, -0.2) is 34.8 Å². The fraction of sp³-hybridized carbons (Fsp3) is 0.556. The van der Waals surface area contributed by atoms with Gasteiger partial charge in [0.2, 0.25) is 11.8 Å². The van der Waals surface area contributed by atoms with E-state index in [1.54, 1.807) is 11.8 Å². The summed E-state index contributed by atoms with van der Waals surface area (Å²) in [4.78, 5) is 28.1. The van der Waals surface area contributed by atoms with E-state index in [9.17, 15) is 9.59 Å². The van der Waals surface area contributed by atoms with E-state index < -0.39 is 0 Å². The average Bonchev–Trinajstić information content (AvgIpc) is 2.72. The van der Waals surface area contributed by atoms with Crippen LogP contribution < -0.4 is 4.90 Å². The van der Waals surface area contributed by atoms with Crippen LogP contribution in [0.5, 0.6) is 0 Å². The normalized spacial score (nSPS) is 17.3. The molecular formula is C18H26N2O2. The van der Waals surface area contributed by atoms with Gasteiger partial charge in [0.15, 0.2) is 0 Å². The third kappa shape index (κ3) is 3.32. The van der Waals surface area contributed by atoms with Crippen molar-refractivity contribution in [1.29, 1.82) is 0 Å². The SMILES string of the molecule is CC(=O)N(CCC(=O)N1c2ccccc2CC1C)C(C)(C)C. The summed E-state index contributed by atoms with van der Waals surface area (Å²) >= 11 is 0. The second-order valence-corrected chi connectivity index (χ2v) is 7.04. The Kier molecular flexibility index (Phi) is 4.59. The molecule has 1 aliphatic rings. The summed E-state index contributed by atoms with van der Waals surface area (Å²) in [7, 11) is 0. The van der Waals surface area contributed by atoms with Gasteiger partial charge < -0.3 is 9.80 Å². The molecule has 2 amide bonds. The molecule has 0 fully saturated rings. The summed E-state index contributed by atoms with van der Waals surface area (Å²) in [6.07, 6.45) is 1.26. The van der Waals surface area contributed by atoms with Crippen molar-refractivity contribution >= 4 is 17.5 Å². The third-order valence-electron chi connectivity index (χ3n) is 4.22. The first-order valence-electron chi connectivity index (χ1n) is 7.90. The van der Waals surface area contributed by atoms with Crippen molar-refractivity contribution in [2.45, 2.75) is 59.0 Å². The van der Waals surface area contributed by atoms with E-state index in [0.29, 0.717) is 13.0 Å². The minimum Gasteiger partial charge on any atom is -0.338 e. The molecule has 1 heterocycles. The van der Waals surface area contributed by atoms with Crippen LogP contribution in [0.15, 0.2) is 24.3 Å². The third-order valence-corrected chi connectivity index (χ3v) is 4.22. The van der Waals surface area contributed by atoms with Crippen molar-refractivity contribution in [2.75, 3.05) is 11.4 Å². The van der Waals surface area contributed by atoms with Gasteiger partial charge in [-0.1, -0.05) is 18.2 Å². The molecule has 4 heteroatoms. The second-order valence-electron chi connectivity index (χ2n) is 7.04. The van der Waals surface area contributed by atoms with Gasteiger partial charge in [0.25, 0.3) is 0 Å². The number of amides is 2. The lowest BCUT2D eigenvalue weighted by atomic mass is 10.1. The van der Waals surface area contributed by atoms with E-state index in [1.807, 2.05) is 43.9 Å². The molecule has 0 bridgehead atoms. The minimum absolute atomic E-state index is 0.00942. The van der Waals surface area contributed by atoms with E-state index in [1.165, 1.54) is 5.56 Å². The highest BCUT2D eigenvalue weighted by atomic mass is 16.2. The zero-order chi connectivity index (χ0) is 16.5. The van der Waals surface area contributed by atoms with Crippen LogP contribution in [0.4, 0.5) is 5.69 Å². The predicted molar refractivity (Wildman–Crippen MR) is 88.9 cm³/mol. The first-order chi connectivity index (χ1) is 10.2. The maximum absolute atomic E-state index is 12.7. The molecule has 1 aromatic rings. The topological polar surface area (TPSA) is 40.6 Å². The number of benzene rings is 1. The Morgan fingerprint density at radius 2 is 1.91 bits per heavy atom. The molecule has 22 heavy (non-hydrogen) atoms. The van der Waals surface area contributed by atoms with Crippen molar-refractivity contribution in [3.05, 3.63) is 29.8 Å². The van der Waals surface area contributed by atoms with Gasteiger partial charge >= 0.3 is 0 Å². The lowest BCUT2D eigenvalue weighted by molar-refractivity contribution is -0.134. The maximum atomic E-state index is 12.7. The van der Waals surface area contributed by atoms with Crippen molar-refractivity contribution in [2.24, 2.45) is 0 Å². The Morgan fingerprint density at radius 1 is 1.27 bits per heavy atom. The number of rotatable bonds is 3. The Hall–Kier alpha value is -1.84. The lowest BCUT2D eigenvalue weighted by Crippen LogP contribution is -2.47. The molecule has 0 saturated heterocycles. The van der Waals surface area contributed by atoms with Gasteiger partial charge in [-0.15, -0.1) is 0 Å². The average molecular weight is 302 g/mol. The molecule has 0 radical (unpaired) electrons. The Morgan fingerprint density at radius 3 is 2.50 bits per heavy atom. The van der Waals surface area contributed by atoms with Gasteiger partial charge in [-0.2, -0.15) is 0 Å². The molecule has 0 N–H and O–H groups in total. The summed E-state index contributed by atoms with van der Waals surface area (Å²) < 4.78 is 0. The summed E-state index contributed by atoms with van der Waals surface area (Å²) in [5.41, 5.74) is 1.98. The van der Waals surface area contributed by atoms with Gasteiger partial charge in [0.05, 0.1) is 0 Å². The summed E-state index contributed by atoms with van der Waals surface area (Å²) in [6.45, 7) is 10.1. The maximum Gasteiger partial charge on any atom is 0.229 e. The largest absolute Gasteiger partial charge is 0.338 e. The molecule has 2 rings (SSSR count). The molecule has 0 aromatic heterocycles. The van der Waals surface area contributed by atoms with E-state index >= 15 is 0 Å². The Labute approximate surface area is 133 Å². The van der Waals surface area contributed by atoms with E-state index in [4.69, 9.17) is 0 Å². The van der Waals surface area contributed by atoms with Crippen molar-refractivity contribution in [3.8, 4) is 0 Å². The van der Waals surface area contributed by atoms with Crippen LogP contribution in [0.1, 0.15) is 46.6 Å². The smallest absolute Gasteiger partial charge is 0.229 e. The molecule has 0 aliphatic carbocycles. The molecule has 0 saturated carbocycles. The summed E-state index contributed by atoms with van der Waals surface area (Å²) in [5.74, 6) is 0.100. The highest BCUT2D eigenvalue weighted by Gasteiger charge is 2.31. The number of carbonyl (C=O) groups excluding carboxylic acids is 2. The zero-order valence-corrected chi connectivity index (χ0v) is 14.2. The number of hydrogen-bond acceptors (Lipinski definition) is 2. The number of carbonyl (C=O) groups is 2. The quantitative estimate of drug-likeness (QED) is 0.861. The van der Waals surface area contributed by atoms with E-state index in [0.717, 1.165) is 12.1 Å². The van der Waals surface area contributed by atoms with Gasteiger partial charge in [-0.05, 0) is 45.7 Å². The van der Waals surface area contributed by atoms with Crippen LogP contribution in [0.25, 0.3) is 0 Å². The van der Waals surface area contributed by atoms with Crippen LogP contribution in [0.2, 0.25) is 0 Å². The van der Waals surface area contributed by atoms with Crippen molar-refractivity contribution in [1.82, 2.24) is 4.90 Å². The number of hydrogen-bond donors (Lipinski definition) is 0. The molecule has 1 unspecified atom stereocenters. The minimum atomic E-state index is -0.263. The predicted octanol–water partition coefficient (Wildman–Crippen LogP) is 3.00. The number of nitrogens with zero attached hydrogens (tertiary/aromatic N) is 2. The van der Waals surface area contributed by atoms with Gasteiger partial charge in [-0.25, -0.2) is 0 Å². The fourth-order valence-corrected chi connectivity index (χ4v) is 3.24. The summed E-state index contributed by atoms with van der Waals surface area (Å²) in [5, 5.41) is 0. The molecule has 0 spiro atoms. The van der Waals surface area contributed by atoms with Gasteiger partial charge in [0, 0.05) is 37.2 Å². The van der Waals surface area contributed by atoms with Gasteiger partial charge in [-0.3, -0.25) is 9.59 Å². The standard InChI is InChI=1S/C18H26N2O2/c1-13-12-15-8-6-7-9-16(15)20(13)17(22)10-11-19(14(2)21)18(3,4)5/h6-9,13H,10-12H2,1-5H3. The van der Waals surface area contributed by atoms with Crippen LogP contribution >= 0.6 is 0 Å². The molecule has 120 valence electrons. The fourth-order valence-electron chi connectivity index (χ4n) is 3.24. The second kappa shape index (κ2) is 6.11. The van der Waals surface area contributed by atoms with Crippen molar-refractivity contribution < 1.29 is 9.59 Å². The summed E-state index contributed by atoms with van der Waals surface area (Å²) in [6, 6.07) is 8.25. The first kappa shape index (κ1) is 16.5. The van der Waals surface area contributed by atoms with Crippen LogP contribution in [0, 0.1) is 0 Å². The molecule has 4 nitrogen and oxygen atoms in total. The van der Waals surface area contributed by atoms with Crippen molar-refractivity contribution in [3.63, 3.8) is 0 Å². The Bertz CT molecular complexity index is 575. The molecular weight excluding hydrogens is 276 g/mol. The first-order valence-corrected chi connectivity index (χ1v) is 7.90. The highest BCUT2D eigenvalue weighted by molar-refractivity contribution is 5.96. The van der Waals surface area contributed by atoms with Gasteiger partial charge in [0.1, 0.15) is 0 Å². The van der Waals surface area contributed by atoms with Crippen LogP contribution in [0.3, 0.4) is 0 Å². The lowest BCUT2D eigenvalue weighted by Gasteiger charge is -2.35. The van der Waals surface area contributed by atoms with Crippen LogP contribution in [-0.2, 0) is 16.0 Å². The number of para-hydroxylation sites is 1. The highest BCUT2D eigenvalue weighted by Crippen LogP contribution is 2.32. The Balaban J connectivity index is 2.08. The van der Waals surface area contributed by atoms with E-state index in [2.05, 4.69) is 13.0 Å². The van der Waals surface area contributed by atoms with E-state index in [-0.39, 0.29) is 23.4 Å². The molecule has 1 aliphatic heterocycles. The molecule has 1 atom stereocenters. The number of fused-ring (bicyclic) bond motifs is 1.